The van der Waals surface area contributed by atoms with Gasteiger partial charge in [0, 0.05) is 35.4 Å². The van der Waals surface area contributed by atoms with E-state index in [0.29, 0.717) is 10.8 Å². The number of hydrogen-bond acceptors (Lipinski definition) is 6. The maximum Gasteiger partial charge on any atom is 0.294 e. The van der Waals surface area contributed by atoms with Crippen LogP contribution in [0.15, 0.2) is 36.3 Å². The molecular weight excluding hydrogens is 294 g/mol. The molecule has 0 saturated carbocycles. The molecule has 102 valence electrons. The molecule has 0 radical (unpaired) electrons. The van der Waals surface area contributed by atoms with Crippen LogP contribution in [0.4, 0.5) is 11.4 Å². The standard InChI is InChI=1S/C13H6ClN5O2/c14-11-3-12(19(20)21)13(18-6-8(4-15)5-16)10-7-17-2-1-9(10)11/h1-3,6-7,18H. The van der Waals surface area contributed by atoms with Crippen molar-refractivity contribution in [2.75, 3.05) is 5.32 Å². The van der Waals surface area contributed by atoms with Gasteiger partial charge in [-0.25, -0.2) is 0 Å². The van der Waals surface area contributed by atoms with Gasteiger partial charge < -0.3 is 5.32 Å². The van der Waals surface area contributed by atoms with Crippen LogP contribution in [-0.2, 0) is 0 Å². The number of nitro groups is 1. The van der Waals surface area contributed by atoms with Crippen LogP contribution in [0.1, 0.15) is 0 Å². The van der Waals surface area contributed by atoms with Gasteiger partial charge in [-0.2, -0.15) is 10.5 Å². The molecule has 0 saturated heterocycles. The van der Waals surface area contributed by atoms with Gasteiger partial charge in [0.15, 0.2) is 0 Å². The number of nitriles is 2. The molecule has 0 aliphatic heterocycles. The third kappa shape index (κ3) is 2.73. The lowest BCUT2D eigenvalue weighted by Gasteiger charge is -2.08. The molecule has 8 heteroatoms. The second-order valence-electron chi connectivity index (χ2n) is 3.86. The fourth-order valence-corrected chi connectivity index (χ4v) is 2.01. The van der Waals surface area contributed by atoms with E-state index in [1.54, 1.807) is 18.2 Å². The number of nitrogens with one attached hydrogen (secondary N) is 1. The molecule has 7 nitrogen and oxygen atoms in total. The number of halogens is 1. The van der Waals surface area contributed by atoms with Crippen molar-refractivity contribution in [3.05, 3.63) is 51.4 Å². The van der Waals surface area contributed by atoms with Crippen LogP contribution >= 0.6 is 11.6 Å². The van der Waals surface area contributed by atoms with E-state index in [9.17, 15) is 10.1 Å². The molecule has 0 unspecified atom stereocenters. The van der Waals surface area contributed by atoms with Crippen molar-refractivity contribution in [2.45, 2.75) is 0 Å². The fourth-order valence-electron chi connectivity index (χ4n) is 1.74. The highest BCUT2D eigenvalue weighted by Crippen LogP contribution is 2.37. The molecule has 0 fully saturated rings. The minimum absolute atomic E-state index is 0.121. The zero-order chi connectivity index (χ0) is 15.4. The molecule has 0 bridgehead atoms. The Morgan fingerprint density at radius 1 is 1.43 bits per heavy atom. The number of fused-ring (bicyclic) bond motifs is 1. The van der Waals surface area contributed by atoms with Crippen molar-refractivity contribution in [3.63, 3.8) is 0 Å². The molecule has 1 heterocycles. The van der Waals surface area contributed by atoms with E-state index in [2.05, 4.69) is 10.3 Å². The number of pyridine rings is 1. The molecule has 2 rings (SSSR count). The summed E-state index contributed by atoms with van der Waals surface area (Å²) in [6, 6.07) is 6.14. The quantitative estimate of drug-likeness (QED) is 0.528. The smallest absolute Gasteiger partial charge is 0.294 e. The first-order valence-corrected chi connectivity index (χ1v) is 5.93. The lowest BCUT2D eigenvalue weighted by Crippen LogP contribution is -1.99. The van der Waals surface area contributed by atoms with Crippen molar-refractivity contribution >= 4 is 33.7 Å². The Bertz CT molecular complexity index is 832. The minimum Gasteiger partial charge on any atom is -0.354 e. The number of hydrogen-bond donors (Lipinski definition) is 1. The number of nitro benzene ring substituents is 1. The number of allylic oxidation sites excluding steroid dienone is 1. The first-order chi connectivity index (χ1) is 10.1. The normalized spacial score (nSPS) is 9.48. The molecule has 21 heavy (non-hydrogen) atoms. The van der Waals surface area contributed by atoms with Crippen molar-refractivity contribution in [1.29, 1.82) is 10.5 Å². The van der Waals surface area contributed by atoms with Crippen LogP contribution in [0.3, 0.4) is 0 Å². The lowest BCUT2D eigenvalue weighted by atomic mass is 10.1. The maximum atomic E-state index is 11.1. The molecule has 1 aromatic carbocycles. The van der Waals surface area contributed by atoms with Crippen molar-refractivity contribution in [1.82, 2.24) is 4.98 Å². The number of rotatable bonds is 3. The summed E-state index contributed by atoms with van der Waals surface area (Å²) in [5.41, 5.74) is -0.362. The van der Waals surface area contributed by atoms with Gasteiger partial charge in [-0.1, -0.05) is 11.6 Å². The minimum atomic E-state index is -0.604. The zero-order valence-corrected chi connectivity index (χ0v) is 11.1. The van der Waals surface area contributed by atoms with Gasteiger partial charge in [0.25, 0.3) is 5.69 Å². The van der Waals surface area contributed by atoms with Gasteiger partial charge in [0.05, 0.1) is 9.95 Å². The highest BCUT2D eigenvalue weighted by atomic mass is 35.5. The third-order valence-electron chi connectivity index (χ3n) is 2.67. The number of aromatic nitrogens is 1. The fraction of sp³-hybridized carbons (Fsp3) is 0. The predicted octanol–water partition coefficient (Wildman–Crippen LogP) is 3.14. The first kappa shape index (κ1) is 14.3. The first-order valence-electron chi connectivity index (χ1n) is 5.56. The molecule has 0 spiro atoms. The average Bonchev–Trinajstić information content (AvgIpc) is 2.49. The number of benzene rings is 1. The highest BCUT2D eigenvalue weighted by molar-refractivity contribution is 6.36. The van der Waals surface area contributed by atoms with Gasteiger partial charge in [0.2, 0.25) is 0 Å². The molecule has 0 aliphatic rings. The Morgan fingerprint density at radius 2 is 2.14 bits per heavy atom. The predicted molar refractivity (Wildman–Crippen MR) is 76.3 cm³/mol. The lowest BCUT2D eigenvalue weighted by molar-refractivity contribution is -0.383. The molecule has 0 aliphatic carbocycles. The van der Waals surface area contributed by atoms with E-state index in [1.165, 1.54) is 18.5 Å². The van der Waals surface area contributed by atoms with Gasteiger partial charge in [-0.05, 0) is 6.07 Å². The van der Waals surface area contributed by atoms with E-state index in [1.807, 2.05) is 0 Å². The summed E-state index contributed by atoms with van der Waals surface area (Å²) >= 11 is 6.02. The number of nitrogens with zero attached hydrogens (tertiary/aromatic N) is 4. The van der Waals surface area contributed by atoms with Gasteiger partial charge in [0.1, 0.15) is 23.4 Å². The van der Waals surface area contributed by atoms with E-state index >= 15 is 0 Å². The largest absolute Gasteiger partial charge is 0.354 e. The van der Waals surface area contributed by atoms with Crippen LogP contribution in [0.5, 0.6) is 0 Å². The summed E-state index contributed by atoms with van der Waals surface area (Å²) in [4.78, 5) is 14.4. The average molecular weight is 300 g/mol. The topological polar surface area (TPSA) is 116 Å². The summed E-state index contributed by atoms with van der Waals surface area (Å²) < 4.78 is 0. The molecule has 0 amide bonds. The molecule has 1 aromatic heterocycles. The van der Waals surface area contributed by atoms with Crippen LogP contribution in [0.25, 0.3) is 10.8 Å². The van der Waals surface area contributed by atoms with E-state index in [-0.39, 0.29) is 22.0 Å². The zero-order valence-electron chi connectivity index (χ0n) is 10.4. The van der Waals surface area contributed by atoms with Crippen molar-refractivity contribution in [2.24, 2.45) is 0 Å². The van der Waals surface area contributed by atoms with Gasteiger partial charge in [-0.3, -0.25) is 15.1 Å². The van der Waals surface area contributed by atoms with Crippen LogP contribution in [0.2, 0.25) is 5.02 Å². The molecule has 1 N–H and O–H groups in total. The summed E-state index contributed by atoms with van der Waals surface area (Å²) in [5, 5.41) is 32.3. The molecular formula is C13H6ClN5O2. The van der Waals surface area contributed by atoms with Crippen LogP contribution in [0, 0.1) is 32.8 Å². The van der Waals surface area contributed by atoms with Crippen molar-refractivity contribution < 1.29 is 4.92 Å². The van der Waals surface area contributed by atoms with Gasteiger partial charge >= 0.3 is 0 Å². The Balaban J connectivity index is 2.71. The Labute approximate surface area is 123 Å². The Kier molecular flexibility index (Phi) is 3.98. The summed E-state index contributed by atoms with van der Waals surface area (Å²) in [7, 11) is 0. The van der Waals surface area contributed by atoms with E-state index in [0.717, 1.165) is 6.20 Å². The summed E-state index contributed by atoms with van der Waals surface area (Å²) in [5.74, 6) is 0. The van der Waals surface area contributed by atoms with E-state index < -0.39 is 4.92 Å². The summed E-state index contributed by atoms with van der Waals surface area (Å²) in [6.07, 6.45) is 4.03. The van der Waals surface area contributed by atoms with Crippen LogP contribution in [-0.4, -0.2) is 9.91 Å². The third-order valence-corrected chi connectivity index (χ3v) is 2.98. The number of anilines is 1. The molecule has 0 atom stereocenters. The Hall–Kier alpha value is -3.16. The highest BCUT2D eigenvalue weighted by Gasteiger charge is 2.19. The van der Waals surface area contributed by atoms with Crippen molar-refractivity contribution in [3.8, 4) is 12.1 Å². The second-order valence-corrected chi connectivity index (χ2v) is 4.26. The Morgan fingerprint density at radius 3 is 2.76 bits per heavy atom. The monoisotopic (exact) mass is 299 g/mol. The maximum absolute atomic E-state index is 11.1. The van der Waals surface area contributed by atoms with E-state index in [4.69, 9.17) is 22.1 Å². The molecule has 2 aromatic rings. The van der Waals surface area contributed by atoms with Gasteiger partial charge in [-0.15, -0.1) is 0 Å². The SMILES string of the molecule is N#CC(C#N)=CNc1c([N+](=O)[O-])cc(Cl)c2ccncc12. The summed E-state index contributed by atoms with van der Waals surface area (Å²) in [6.45, 7) is 0. The van der Waals surface area contributed by atoms with Crippen LogP contribution < -0.4 is 5.32 Å². The second kappa shape index (κ2) is 5.87.